The Bertz CT molecular complexity index is 785. The van der Waals surface area contributed by atoms with Crippen molar-refractivity contribution in [1.82, 2.24) is 0 Å². The van der Waals surface area contributed by atoms with Gasteiger partial charge in [-0.1, -0.05) is 23.2 Å². The molecule has 1 aromatic carbocycles. The second-order valence-electron chi connectivity index (χ2n) is 5.26. The number of methoxy groups -OCH3 is 1. The number of halogens is 2. The Morgan fingerprint density at radius 3 is 2.48 bits per heavy atom. The minimum atomic E-state index is -0.688. The Labute approximate surface area is 159 Å². The van der Waals surface area contributed by atoms with Gasteiger partial charge in [0.05, 0.1) is 33.0 Å². The topological polar surface area (TPSA) is 61.8 Å². The molecular formula is C17H16Cl2O5S. The Balaban J connectivity index is 2.11. The quantitative estimate of drug-likeness (QED) is 0.487. The SMILES string of the molecule is COc1cc(C(=O)OCC(=O)c2ccc(Cl)s2)cc(Cl)c1OC(C)C. The number of carbonyl (C=O) groups is 2. The number of ketones is 1. The van der Waals surface area contributed by atoms with Gasteiger partial charge in [0.15, 0.2) is 18.1 Å². The van der Waals surface area contributed by atoms with Gasteiger partial charge in [0, 0.05) is 0 Å². The number of benzene rings is 1. The average Bonchev–Trinajstić information content (AvgIpc) is 3.00. The van der Waals surface area contributed by atoms with Gasteiger partial charge in [-0.15, -0.1) is 11.3 Å². The molecular weight excluding hydrogens is 387 g/mol. The van der Waals surface area contributed by atoms with Crippen molar-refractivity contribution in [1.29, 1.82) is 0 Å². The first-order valence-electron chi connectivity index (χ1n) is 7.31. The summed E-state index contributed by atoms with van der Waals surface area (Å²) in [6.45, 7) is 3.31. The molecule has 0 fully saturated rings. The molecule has 0 N–H and O–H groups in total. The zero-order chi connectivity index (χ0) is 18.6. The van der Waals surface area contributed by atoms with Crippen molar-refractivity contribution < 1.29 is 23.8 Å². The number of rotatable bonds is 7. The first-order chi connectivity index (χ1) is 11.8. The molecule has 0 unspecified atom stereocenters. The molecule has 8 heteroatoms. The monoisotopic (exact) mass is 402 g/mol. The van der Waals surface area contributed by atoms with Crippen LogP contribution in [0.3, 0.4) is 0 Å². The zero-order valence-electron chi connectivity index (χ0n) is 13.8. The molecule has 5 nitrogen and oxygen atoms in total. The van der Waals surface area contributed by atoms with Gasteiger partial charge in [-0.25, -0.2) is 4.79 Å². The van der Waals surface area contributed by atoms with Crippen LogP contribution in [0.5, 0.6) is 11.5 Å². The number of thiophene rings is 1. The molecule has 134 valence electrons. The summed E-state index contributed by atoms with van der Waals surface area (Å²) in [4.78, 5) is 24.6. The minimum Gasteiger partial charge on any atom is -0.493 e. The molecule has 0 saturated heterocycles. The Hall–Kier alpha value is -1.76. The number of hydrogen-bond acceptors (Lipinski definition) is 6. The van der Waals surface area contributed by atoms with Crippen LogP contribution in [0, 0.1) is 0 Å². The fraction of sp³-hybridized carbons (Fsp3) is 0.294. The lowest BCUT2D eigenvalue weighted by Gasteiger charge is -2.16. The van der Waals surface area contributed by atoms with Gasteiger partial charge in [-0.05, 0) is 38.1 Å². The standard InChI is InChI=1S/C17H16Cl2O5S/c1-9(2)24-16-11(18)6-10(7-13(16)22-3)17(21)23-8-12(20)14-4-5-15(19)25-14/h4-7,9H,8H2,1-3H3. The smallest absolute Gasteiger partial charge is 0.338 e. The van der Waals surface area contributed by atoms with Crippen molar-refractivity contribution >= 4 is 46.3 Å². The highest BCUT2D eigenvalue weighted by Gasteiger charge is 2.19. The van der Waals surface area contributed by atoms with E-state index in [1.165, 1.54) is 19.2 Å². The lowest BCUT2D eigenvalue weighted by Crippen LogP contribution is -2.14. The molecule has 0 aliphatic carbocycles. The van der Waals surface area contributed by atoms with E-state index in [1.807, 2.05) is 13.8 Å². The van der Waals surface area contributed by atoms with E-state index in [4.69, 9.17) is 37.4 Å². The maximum Gasteiger partial charge on any atom is 0.338 e. The van der Waals surface area contributed by atoms with Gasteiger partial charge in [-0.2, -0.15) is 0 Å². The summed E-state index contributed by atoms with van der Waals surface area (Å²) in [5.74, 6) is -0.361. The lowest BCUT2D eigenvalue weighted by molar-refractivity contribution is 0.0475. The third-order valence-electron chi connectivity index (χ3n) is 3.00. The van der Waals surface area contributed by atoms with Gasteiger partial charge in [0.1, 0.15) is 0 Å². The Morgan fingerprint density at radius 2 is 1.92 bits per heavy atom. The number of Topliss-reactive ketones (excluding diaryl/α,β-unsaturated/α-hetero) is 1. The van der Waals surface area contributed by atoms with Crippen LogP contribution in [0.25, 0.3) is 0 Å². The van der Waals surface area contributed by atoms with E-state index in [0.29, 0.717) is 20.7 Å². The molecule has 0 atom stereocenters. The van der Waals surface area contributed by atoms with Crippen molar-refractivity contribution in [2.45, 2.75) is 20.0 Å². The van der Waals surface area contributed by atoms with Crippen molar-refractivity contribution in [3.8, 4) is 11.5 Å². The lowest BCUT2D eigenvalue weighted by atomic mass is 10.2. The summed E-state index contributed by atoms with van der Waals surface area (Å²) in [6, 6.07) is 6.06. The molecule has 2 aromatic rings. The van der Waals surface area contributed by atoms with Gasteiger partial charge >= 0.3 is 5.97 Å². The minimum absolute atomic E-state index is 0.112. The summed E-state index contributed by atoms with van der Waals surface area (Å²) >= 11 is 13.1. The van der Waals surface area contributed by atoms with Crippen molar-refractivity contribution in [3.63, 3.8) is 0 Å². The fourth-order valence-corrected chi connectivity index (χ4v) is 3.16. The van der Waals surface area contributed by atoms with Gasteiger partial charge < -0.3 is 14.2 Å². The normalized spacial score (nSPS) is 10.6. The molecule has 1 heterocycles. The number of carbonyl (C=O) groups excluding carboxylic acids is 2. The Morgan fingerprint density at radius 1 is 1.20 bits per heavy atom. The fourth-order valence-electron chi connectivity index (χ4n) is 1.94. The second-order valence-corrected chi connectivity index (χ2v) is 7.38. The maximum absolute atomic E-state index is 12.2. The number of hydrogen-bond donors (Lipinski definition) is 0. The van der Waals surface area contributed by atoms with Crippen molar-refractivity contribution in [3.05, 3.63) is 44.1 Å². The first kappa shape index (κ1) is 19.6. The van der Waals surface area contributed by atoms with E-state index in [0.717, 1.165) is 11.3 Å². The molecule has 0 bridgehead atoms. The van der Waals surface area contributed by atoms with E-state index < -0.39 is 5.97 Å². The maximum atomic E-state index is 12.2. The summed E-state index contributed by atoms with van der Waals surface area (Å²) < 4.78 is 16.3. The van der Waals surface area contributed by atoms with Crippen LogP contribution in [0.15, 0.2) is 24.3 Å². The van der Waals surface area contributed by atoms with E-state index in [9.17, 15) is 9.59 Å². The predicted molar refractivity (Wildman–Crippen MR) is 97.7 cm³/mol. The largest absolute Gasteiger partial charge is 0.493 e. The highest BCUT2D eigenvalue weighted by molar-refractivity contribution is 7.18. The van der Waals surface area contributed by atoms with Crippen LogP contribution in [-0.4, -0.2) is 31.6 Å². The van der Waals surface area contributed by atoms with Crippen LogP contribution in [0.1, 0.15) is 33.9 Å². The predicted octanol–water partition coefficient (Wildman–Crippen LogP) is 4.89. The molecule has 0 spiro atoms. The van der Waals surface area contributed by atoms with Crippen LogP contribution < -0.4 is 9.47 Å². The van der Waals surface area contributed by atoms with Crippen LogP contribution in [0.4, 0.5) is 0 Å². The summed E-state index contributed by atoms with van der Waals surface area (Å²) in [5.41, 5.74) is 0.162. The molecule has 2 rings (SSSR count). The van der Waals surface area contributed by atoms with Gasteiger partial charge in [-0.3, -0.25) is 4.79 Å². The molecule has 0 aliphatic heterocycles. The van der Waals surface area contributed by atoms with Crippen LogP contribution in [-0.2, 0) is 4.74 Å². The van der Waals surface area contributed by atoms with E-state index >= 15 is 0 Å². The molecule has 0 radical (unpaired) electrons. The van der Waals surface area contributed by atoms with E-state index in [1.54, 1.807) is 12.1 Å². The zero-order valence-corrected chi connectivity index (χ0v) is 16.1. The van der Waals surface area contributed by atoms with Crippen molar-refractivity contribution in [2.24, 2.45) is 0 Å². The third-order valence-corrected chi connectivity index (χ3v) is 4.55. The molecule has 0 aliphatic rings. The average molecular weight is 403 g/mol. The summed E-state index contributed by atoms with van der Waals surface area (Å²) in [5, 5.41) is 0.219. The summed E-state index contributed by atoms with van der Waals surface area (Å²) in [6.07, 6.45) is -0.112. The highest BCUT2D eigenvalue weighted by atomic mass is 35.5. The molecule has 25 heavy (non-hydrogen) atoms. The molecule has 0 saturated carbocycles. The second kappa shape index (κ2) is 8.56. The van der Waals surface area contributed by atoms with Crippen LogP contribution in [0.2, 0.25) is 9.36 Å². The van der Waals surface area contributed by atoms with Crippen LogP contribution >= 0.6 is 34.5 Å². The number of ether oxygens (including phenoxy) is 3. The summed E-state index contributed by atoms with van der Waals surface area (Å²) in [7, 11) is 1.44. The van der Waals surface area contributed by atoms with E-state index in [-0.39, 0.29) is 29.1 Å². The van der Waals surface area contributed by atoms with Crippen molar-refractivity contribution in [2.75, 3.05) is 13.7 Å². The molecule has 0 amide bonds. The third kappa shape index (κ3) is 5.11. The first-order valence-corrected chi connectivity index (χ1v) is 8.89. The van der Waals surface area contributed by atoms with Gasteiger partial charge in [0.25, 0.3) is 0 Å². The van der Waals surface area contributed by atoms with Gasteiger partial charge in [0.2, 0.25) is 5.78 Å². The van der Waals surface area contributed by atoms with E-state index in [2.05, 4.69) is 0 Å². The highest BCUT2D eigenvalue weighted by Crippen LogP contribution is 2.37. The number of esters is 1. The molecule has 1 aromatic heterocycles. The Kier molecular flexibility index (Phi) is 6.70.